The van der Waals surface area contributed by atoms with Crippen LogP contribution in [0.1, 0.15) is 28.9 Å². The van der Waals surface area contributed by atoms with Crippen LogP contribution in [0.2, 0.25) is 5.02 Å². The van der Waals surface area contributed by atoms with E-state index in [2.05, 4.69) is 16.0 Å². The van der Waals surface area contributed by atoms with Gasteiger partial charge in [0, 0.05) is 28.5 Å². The van der Waals surface area contributed by atoms with Crippen LogP contribution in [-0.4, -0.2) is 23.6 Å². The van der Waals surface area contributed by atoms with Crippen LogP contribution in [0.15, 0.2) is 65.6 Å². The Morgan fingerprint density at radius 1 is 1.13 bits per heavy atom. The first-order valence-electron chi connectivity index (χ1n) is 9.32. The van der Waals surface area contributed by atoms with Crippen molar-refractivity contribution in [1.82, 2.24) is 4.57 Å². The second-order valence-electron chi connectivity index (χ2n) is 6.73. The summed E-state index contributed by atoms with van der Waals surface area (Å²) in [6.45, 7) is 1.62. The number of benzene rings is 2. The molecule has 2 aromatic carbocycles. The fraction of sp³-hybridized carbons (Fsp3) is 0.125. The standard InChI is InChI=1S/C24H19ClN2O4/c1-4-16-5-8-19(25)14-21(16)18-11-12-27(22(28)13-18)15(2)23(29)26-20-9-6-17(7-10-20)24(30)31-3/h1,5-15H,2-3H3,(H,26,29)/t15-/m1/s1. The number of carbonyl (C=O) groups excluding carboxylic acids is 2. The molecule has 0 aliphatic carbocycles. The molecule has 0 unspecified atom stereocenters. The summed E-state index contributed by atoms with van der Waals surface area (Å²) >= 11 is 6.07. The van der Waals surface area contributed by atoms with Gasteiger partial charge >= 0.3 is 5.97 Å². The van der Waals surface area contributed by atoms with E-state index in [-0.39, 0.29) is 11.5 Å². The highest BCUT2D eigenvalue weighted by Gasteiger charge is 2.17. The van der Waals surface area contributed by atoms with Crippen molar-refractivity contribution in [3.05, 3.63) is 87.3 Å². The molecule has 1 amide bonds. The number of terminal acetylenes is 1. The van der Waals surface area contributed by atoms with Crippen LogP contribution in [0, 0.1) is 12.3 Å². The average Bonchev–Trinajstić information content (AvgIpc) is 2.78. The van der Waals surface area contributed by atoms with E-state index < -0.39 is 12.0 Å². The van der Waals surface area contributed by atoms with Gasteiger partial charge in [0.15, 0.2) is 0 Å². The maximum atomic E-state index is 12.7. The lowest BCUT2D eigenvalue weighted by atomic mass is 10.0. The van der Waals surface area contributed by atoms with Crippen molar-refractivity contribution in [3.8, 4) is 23.5 Å². The molecule has 1 aromatic heterocycles. The minimum absolute atomic E-state index is 0.357. The Morgan fingerprint density at radius 3 is 2.45 bits per heavy atom. The van der Waals surface area contributed by atoms with E-state index in [1.54, 1.807) is 61.7 Å². The number of pyridine rings is 1. The van der Waals surface area contributed by atoms with Gasteiger partial charge < -0.3 is 14.6 Å². The lowest BCUT2D eigenvalue weighted by Crippen LogP contribution is -2.31. The largest absolute Gasteiger partial charge is 0.465 e. The highest BCUT2D eigenvalue weighted by molar-refractivity contribution is 6.30. The molecular formula is C24H19ClN2O4. The van der Waals surface area contributed by atoms with Crippen molar-refractivity contribution in [2.24, 2.45) is 0 Å². The molecule has 1 N–H and O–H groups in total. The Hall–Kier alpha value is -3.82. The lowest BCUT2D eigenvalue weighted by Gasteiger charge is -2.16. The van der Waals surface area contributed by atoms with E-state index in [4.69, 9.17) is 18.0 Å². The van der Waals surface area contributed by atoms with Crippen LogP contribution in [0.25, 0.3) is 11.1 Å². The number of rotatable bonds is 5. The first kappa shape index (κ1) is 21.9. The molecule has 1 atom stereocenters. The monoisotopic (exact) mass is 434 g/mol. The van der Waals surface area contributed by atoms with Crippen molar-refractivity contribution in [1.29, 1.82) is 0 Å². The van der Waals surface area contributed by atoms with Crippen LogP contribution in [-0.2, 0) is 9.53 Å². The van der Waals surface area contributed by atoms with Crippen LogP contribution >= 0.6 is 11.6 Å². The zero-order valence-corrected chi connectivity index (χ0v) is 17.6. The molecule has 6 nitrogen and oxygen atoms in total. The molecular weight excluding hydrogens is 416 g/mol. The Balaban J connectivity index is 1.81. The van der Waals surface area contributed by atoms with E-state index >= 15 is 0 Å². The van der Waals surface area contributed by atoms with Crippen molar-refractivity contribution in [3.63, 3.8) is 0 Å². The Morgan fingerprint density at radius 2 is 1.84 bits per heavy atom. The second kappa shape index (κ2) is 9.33. The molecule has 0 fully saturated rings. The van der Waals surface area contributed by atoms with Gasteiger partial charge in [-0.1, -0.05) is 17.5 Å². The molecule has 0 aliphatic rings. The number of carbonyl (C=O) groups is 2. The summed E-state index contributed by atoms with van der Waals surface area (Å²) in [7, 11) is 1.29. The van der Waals surface area contributed by atoms with Crippen molar-refractivity contribution in [2.45, 2.75) is 13.0 Å². The van der Waals surface area contributed by atoms with Gasteiger partial charge in [-0.2, -0.15) is 0 Å². The summed E-state index contributed by atoms with van der Waals surface area (Å²) in [4.78, 5) is 36.8. The van der Waals surface area contributed by atoms with Gasteiger partial charge in [0.1, 0.15) is 6.04 Å². The number of halogens is 1. The maximum absolute atomic E-state index is 12.7. The Bertz CT molecular complexity index is 1240. The zero-order chi connectivity index (χ0) is 22.5. The van der Waals surface area contributed by atoms with Crippen molar-refractivity contribution >= 4 is 29.2 Å². The highest BCUT2D eigenvalue weighted by atomic mass is 35.5. The van der Waals surface area contributed by atoms with Gasteiger partial charge in [-0.25, -0.2) is 4.79 Å². The van der Waals surface area contributed by atoms with Gasteiger partial charge in [0.25, 0.3) is 5.56 Å². The number of aromatic nitrogens is 1. The van der Waals surface area contributed by atoms with Gasteiger partial charge in [-0.3, -0.25) is 9.59 Å². The molecule has 0 aliphatic heterocycles. The molecule has 0 spiro atoms. The average molecular weight is 435 g/mol. The van der Waals surface area contributed by atoms with Gasteiger partial charge in [0.2, 0.25) is 5.91 Å². The topological polar surface area (TPSA) is 77.4 Å². The SMILES string of the molecule is C#Cc1ccc(Cl)cc1-c1ccn([C@H](C)C(=O)Nc2ccc(C(=O)OC)cc2)c(=O)c1. The number of anilines is 1. The minimum atomic E-state index is -0.770. The van der Waals surface area contributed by atoms with Crippen molar-refractivity contribution < 1.29 is 14.3 Å². The third kappa shape index (κ3) is 4.85. The van der Waals surface area contributed by atoms with Crippen LogP contribution in [0.4, 0.5) is 5.69 Å². The number of methoxy groups -OCH3 is 1. The molecule has 0 bridgehead atoms. The first-order chi connectivity index (χ1) is 14.8. The number of nitrogens with one attached hydrogen (secondary N) is 1. The Labute approximate surface area is 184 Å². The smallest absolute Gasteiger partial charge is 0.337 e. The summed E-state index contributed by atoms with van der Waals surface area (Å²) in [5, 5.41) is 3.23. The predicted octanol–water partition coefficient (Wildman–Crippen LogP) is 4.14. The molecule has 7 heteroatoms. The molecule has 3 aromatic rings. The maximum Gasteiger partial charge on any atom is 0.337 e. The first-order valence-corrected chi connectivity index (χ1v) is 9.70. The number of amides is 1. The summed E-state index contributed by atoms with van der Waals surface area (Å²) in [6.07, 6.45) is 7.09. The predicted molar refractivity (Wildman–Crippen MR) is 120 cm³/mol. The fourth-order valence-corrected chi connectivity index (χ4v) is 3.21. The molecule has 0 radical (unpaired) electrons. The summed E-state index contributed by atoms with van der Waals surface area (Å²) in [6, 6.07) is 13.7. The van der Waals surface area contributed by atoms with Gasteiger partial charge in [-0.05, 0) is 66.6 Å². The second-order valence-corrected chi connectivity index (χ2v) is 7.17. The number of hydrogen-bond donors (Lipinski definition) is 1. The van der Waals surface area contributed by atoms with Gasteiger partial charge in [0.05, 0.1) is 12.7 Å². The molecule has 156 valence electrons. The highest BCUT2D eigenvalue weighted by Crippen LogP contribution is 2.26. The molecule has 3 rings (SSSR count). The third-order valence-corrected chi connectivity index (χ3v) is 5.00. The van der Waals surface area contributed by atoms with E-state index in [1.807, 2.05) is 0 Å². The van der Waals surface area contributed by atoms with Crippen molar-refractivity contribution in [2.75, 3.05) is 12.4 Å². The van der Waals surface area contributed by atoms with Gasteiger partial charge in [-0.15, -0.1) is 6.42 Å². The fourth-order valence-electron chi connectivity index (χ4n) is 3.04. The summed E-state index contributed by atoms with van der Waals surface area (Å²) < 4.78 is 5.97. The quantitative estimate of drug-likeness (QED) is 0.483. The minimum Gasteiger partial charge on any atom is -0.465 e. The number of hydrogen-bond acceptors (Lipinski definition) is 4. The molecule has 31 heavy (non-hydrogen) atoms. The number of ether oxygens (including phenoxy) is 1. The number of nitrogens with zero attached hydrogens (tertiary/aromatic N) is 1. The molecule has 0 saturated carbocycles. The van der Waals surface area contributed by atoms with Crippen LogP contribution in [0.3, 0.4) is 0 Å². The van der Waals surface area contributed by atoms with E-state index in [0.717, 1.165) is 0 Å². The summed E-state index contributed by atoms with van der Waals surface area (Å²) in [5.41, 5.74) is 2.40. The molecule has 0 saturated heterocycles. The van der Waals surface area contributed by atoms with E-state index in [9.17, 15) is 14.4 Å². The van der Waals surface area contributed by atoms with E-state index in [0.29, 0.717) is 33.0 Å². The zero-order valence-electron chi connectivity index (χ0n) is 16.9. The lowest BCUT2D eigenvalue weighted by molar-refractivity contribution is -0.118. The van der Waals surface area contributed by atoms with Crippen LogP contribution < -0.4 is 10.9 Å². The van der Waals surface area contributed by atoms with Crippen LogP contribution in [0.5, 0.6) is 0 Å². The summed E-state index contributed by atoms with van der Waals surface area (Å²) in [5.74, 6) is 1.73. The normalized spacial score (nSPS) is 11.3. The van der Waals surface area contributed by atoms with E-state index in [1.165, 1.54) is 17.7 Å². The third-order valence-electron chi connectivity index (χ3n) is 4.77. The molecule has 1 heterocycles. The number of esters is 1. The Kier molecular flexibility index (Phi) is 6.58.